The highest BCUT2D eigenvalue weighted by molar-refractivity contribution is 7.15. The van der Waals surface area contributed by atoms with Crippen LogP contribution in [0.15, 0.2) is 87.7 Å². The molecule has 4 amide bonds. The first-order chi connectivity index (χ1) is 39.2. The minimum Gasteiger partial charge on any atom is -0.490 e. The molecule has 3 aromatic carbocycles. The molecule has 1 saturated carbocycles. The fourth-order valence-electron chi connectivity index (χ4n) is 11.6. The second-order valence-electron chi connectivity index (χ2n) is 23.3. The third-order valence-corrected chi connectivity index (χ3v) is 18.6. The van der Waals surface area contributed by atoms with Crippen LogP contribution in [-0.4, -0.2) is 120 Å². The van der Waals surface area contributed by atoms with Gasteiger partial charge in [0, 0.05) is 77.9 Å². The van der Waals surface area contributed by atoms with E-state index in [9.17, 15) is 34.2 Å². The van der Waals surface area contributed by atoms with Crippen LogP contribution in [0.4, 0.5) is 5.69 Å². The number of aliphatic hydroxyl groups excluding tert-OH is 1. The number of β-amino-alcohol motifs (C(OH)–C–C–N with tert-alkyl or cyclic N) is 1. The van der Waals surface area contributed by atoms with Crippen LogP contribution in [0.3, 0.4) is 0 Å². The lowest BCUT2D eigenvalue weighted by Gasteiger charge is -2.38. The quantitative estimate of drug-likeness (QED) is 0.0645. The van der Waals surface area contributed by atoms with Gasteiger partial charge in [0.2, 0.25) is 17.7 Å². The van der Waals surface area contributed by atoms with Crippen molar-refractivity contribution < 1.29 is 43.3 Å². The number of nitrogens with zero attached hydrogens (tertiary/aromatic N) is 7. The van der Waals surface area contributed by atoms with Gasteiger partial charge in [-0.05, 0) is 106 Å². The van der Waals surface area contributed by atoms with Crippen molar-refractivity contribution in [3.8, 4) is 21.2 Å². The van der Waals surface area contributed by atoms with Gasteiger partial charge in [-0.15, -0.1) is 32.9 Å². The molecule has 1 aliphatic carbocycles. The van der Waals surface area contributed by atoms with Crippen molar-refractivity contribution in [1.29, 1.82) is 0 Å². The van der Waals surface area contributed by atoms with E-state index in [1.807, 2.05) is 88.0 Å². The number of rotatable bonds is 15. The van der Waals surface area contributed by atoms with E-state index < -0.39 is 53.3 Å². The summed E-state index contributed by atoms with van der Waals surface area (Å²) in [5, 5.41) is 40.1. The predicted octanol–water partition coefficient (Wildman–Crippen LogP) is 8.73. The lowest BCUT2D eigenvalue weighted by atomic mass is 9.85. The molecule has 2 unspecified atom stereocenters. The van der Waals surface area contributed by atoms with E-state index >= 15 is 0 Å². The Labute approximate surface area is 483 Å². The molecular weight excluding hydrogens is 1080 g/mol. The van der Waals surface area contributed by atoms with Crippen molar-refractivity contribution in [3.05, 3.63) is 129 Å². The number of ether oxygens (including phenoxy) is 1. The number of carboxylic acids is 1. The van der Waals surface area contributed by atoms with Crippen molar-refractivity contribution >= 4 is 74.6 Å². The average Bonchev–Trinajstić information content (AvgIpc) is 3.14. The van der Waals surface area contributed by atoms with Gasteiger partial charge in [-0.3, -0.25) is 33.5 Å². The number of hydrogen-bond acceptors (Lipinski definition) is 15. The molecule has 3 aliphatic heterocycles. The molecule has 7 heterocycles. The molecule has 0 bridgehead atoms. The lowest BCUT2D eigenvalue weighted by Crippen LogP contribution is -2.57. The van der Waals surface area contributed by atoms with Crippen molar-refractivity contribution in [1.82, 2.24) is 40.6 Å². The molecule has 4 aromatic heterocycles. The number of piperidine rings is 1. The molecule has 4 aliphatic rings. The van der Waals surface area contributed by atoms with E-state index in [2.05, 4.69) is 62.0 Å². The number of aromatic nitrogens is 4. The Morgan fingerprint density at radius 1 is 0.878 bits per heavy atom. The largest absolute Gasteiger partial charge is 0.490 e. The number of amides is 4. The van der Waals surface area contributed by atoms with Gasteiger partial charge in [0.15, 0.2) is 11.6 Å². The van der Waals surface area contributed by atoms with Crippen molar-refractivity contribution in [2.45, 2.75) is 136 Å². The van der Waals surface area contributed by atoms with Gasteiger partial charge in [-0.25, -0.2) is 4.98 Å². The van der Waals surface area contributed by atoms with Crippen LogP contribution in [-0.2, 0) is 19.2 Å². The topological polar surface area (TPSA) is 247 Å². The van der Waals surface area contributed by atoms with Gasteiger partial charge in [-0.1, -0.05) is 57.2 Å². The summed E-state index contributed by atoms with van der Waals surface area (Å²) >= 11 is 3.20. The maximum absolute atomic E-state index is 14.4. The fourth-order valence-corrected chi connectivity index (χ4v) is 13.7. The van der Waals surface area contributed by atoms with E-state index in [0.717, 1.165) is 72.8 Å². The van der Waals surface area contributed by atoms with E-state index in [1.165, 1.54) is 4.90 Å². The number of aliphatic carboxylic acids is 1. The summed E-state index contributed by atoms with van der Waals surface area (Å²) in [7, 11) is 0. The summed E-state index contributed by atoms with van der Waals surface area (Å²) in [6.07, 6.45) is 1.56. The van der Waals surface area contributed by atoms with Crippen LogP contribution in [0.25, 0.3) is 26.4 Å². The molecule has 2 saturated heterocycles. The average molecular weight is 1150 g/mol. The van der Waals surface area contributed by atoms with Crippen molar-refractivity contribution in [3.63, 3.8) is 0 Å². The van der Waals surface area contributed by atoms with Crippen LogP contribution in [0.2, 0.25) is 0 Å². The Balaban J connectivity index is 0.655. The van der Waals surface area contributed by atoms with E-state index in [-0.39, 0.29) is 55.2 Å². The van der Waals surface area contributed by atoms with Gasteiger partial charge in [0.05, 0.1) is 40.4 Å². The highest BCUT2D eigenvalue weighted by Crippen LogP contribution is 2.41. The number of hydrogen-bond donors (Lipinski definition) is 5. The standard InChI is InChI=1S/C61H68N10O9S2/c1-31-34(4)82-60-51(31)52(65-46(28-50(73)74)55-68-67-35(5)71(55)60)37-13-15-42(16-14-37)69-21-19-39(20-22-69)56(75)64-41-25-45(26-41)79-44-17-18-48-40(23-44)24-49(80-48)58(77)66-54(61(6,7)8)59(78)70-29-43(72)27-47(70)57(76)63-32(2)36-9-11-38(12-10-36)53-33(3)62-30-81-53/h9-18,23-24,30,32,39,41,43,45-47,54,72H,19-22,25-29H2,1-8H3,(H,63,76)(H,64,75)(H,66,77)(H,73,74)/t32?,41-,43-,45+,46+,47+,54?/m1/s1. The Hall–Kier alpha value is -7.75. The van der Waals surface area contributed by atoms with Gasteiger partial charge in [-0.2, -0.15) is 0 Å². The first-order valence-electron chi connectivity index (χ1n) is 28.0. The number of carboxylic acid groups (broad SMARTS) is 1. The number of anilines is 1. The van der Waals surface area contributed by atoms with E-state index in [0.29, 0.717) is 54.1 Å². The number of furan rings is 1. The minimum absolute atomic E-state index is 0.00530. The summed E-state index contributed by atoms with van der Waals surface area (Å²) in [5.74, 6) is -0.682. The number of nitrogens with one attached hydrogen (secondary N) is 3. The second kappa shape index (κ2) is 22.5. The number of thiazole rings is 1. The molecule has 0 spiro atoms. The van der Waals surface area contributed by atoms with Crippen LogP contribution >= 0.6 is 22.7 Å². The third-order valence-electron chi connectivity index (χ3n) is 16.5. The Kier molecular flexibility index (Phi) is 15.4. The summed E-state index contributed by atoms with van der Waals surface area (Å²) < 4.78 is 14.3. The Morgan fingerprint density at radius 3 is 2.28 bits per heavy atom. The number of fused-ring (bicyclic) bond motifs is 4. The second-order valence-corrected chi connectivity index (χ2v) is 25.4. The molecule has 21 heteroatoms. The SMILES string of the molecule is Cc1ncsc1-c1ccc(C(C)NC(=O)[C@@H]2C[C@@H](O)CN2C(=O)C(NC(=O)c2cc3cc(O[C@H]4C[C@@H](NC(=O)C5CCN(c6ccc(C7=N[C@@H](CC(=O)O)c8nnc(C)n8-c8sc(C)c(C)c87)cc6)CC5)C4)ccc3o2)C(C)(C)C)cc1. The van der Waals surface area contributed by atoms with Gasteiger partial charge in [0.1, 0.15) is 46.4 Å². The van der Waals surface area contributed by atoms with Gasteiger partial charge in [0.25, 0.3) is 5.91 Å². The highest BCUT2D eigenvalue weighted by Gasteiger charge is 2.45. The number of aryl methyl sites for hydroxylation is 3. The Morgan fingerprint density at radius 2 is 1.60 bits per heavy atom. The fraction of sp³-hybridized carbons (Fsp3) is 0.426. The summed E-state index contributed by atoms with van der Waals surface area (Å²) in [6.45, 7) is 16.7. The number of carbonyl (C=O) groups is 5. The molecule has 0 radical (unpaired) electrons. The monoisotopic (exact) mass is 1150 g/mol. The number of thiophene rings is 1. The number of carbonyl (C=O) groups excluding carboxylic acids is 4. The highest BCUT2D eigenvalue weighted by atomic mass is 32.1. The molecule has 11 rings (SSSR count). The van der Waals surface area contributed by atoms with E-state index in [1.54, 1.807) is 46.9 Å². The van der Waals surface area contributed by atoms with Crippen molar-refractivity contribution in [2.75, 3.05) is 24.5 Å². The van der Waals surface area contributed by atoms with Crippen LogP contribution in [0, 0.1) is 39.0 Å². The van der Waals surface area contributed by atoms with Crippen LogP contribution in [0.1, 0.15) is 133 Å². The number of aliphatic imine (C=N–C) groups is 1. The zero-order valence-electron chi connectivity index (χ0n) is 47.2. The summed E-state index contributed by atoms with van der Waals surface area (Å²) in [6, 6.07) is 20.0. The first-order valence-corrected chi connectivity index (χ1v) is 29.7. The summed E-state index contributed by atoms with van der Waals surface area (Å²) in [4.78, 5) is 83.0. The van der Waals surface area contributed by atoms with Crippen LogP contribution < -0.4 is 25.6 Å². The maximum Gasteiger partial charge on any atom is 0.306 e. The molecule has 5 atom stereocenters. The number of aliphatic hydroxyl groups is 1. The smallest absolute Gasteiger partial charge is 0.306 e. The lowest BCUT2D eigenvalue weighted by molar-refractivity contribution is -0.142. The van der Waals surface area contributed by atoms with Gasteiger partial charge >= 0.3 is 5.97 Å². The zero-order valence-corrected chi connectivity index (χ0v) is 48.8. The molecule has 3 fully saturated rings. The molecule has 7 aromatic rings. The minimum atomic E-state index is -1.06. The van der Waals surface area contributed by atoms with Gasteiger partial charge < -0.3 is 45.1 Å². The number of benzene rings is 3. The Bertz CT molecular complexity index is 3620. The molecule has 19 nitrogen and oxygen atoms in total. The third kappa shape index (κ3) is 11.3. The summed E-state index contributed by atoms with van der Waals surface area (Å²) in [5.41, 5.74) is 9.10. The normalized spacial score (nSPS) is 20.7. The van der Waals surface area contributed by atoms with E-state index in [4.69, 9.17) is 14.1 Å². The molecule has 428 valence electrons. The van der Waals surface area contributed by atoms with Crippen LogP contribution in [0.5, 0.6) is 5.75 Å². The van der Waals surface area contributed by atoms with Crippen molar-refractivity contribution in [2.24, 2.45) is 16.3 Å². The number of likely N-dealkylation sites (tertiary alicyclic amines) is 1. The zero-order chi connectivity index (χ0) is 57.9. The molecule has 5 N–H and O–H groups in total. The molecule has 82 heavy (non-hydrogen) atoms. The predicted molar refractivity (Wildman–Crippen MR) is 313 cm³/mol. The maximum atomic E-state index is 14.4. The molecular formula is C61H68N10O9S2. The first kappa shape index (κ1) is 56.1.